The summed E-state index contributed by atoms with van der Waals surface area (Å²) in [4.78, 5) is 0. The smallest absolute Gasteiger partial charge is 0.363 e. The molecule has 180 valence electrons. The molecule has 0 aromatic rings. The number of rotatable bonds is 15. The molecule has 1 heterocycles. The van der Waals surface area contributed by atoms with Crippen molar-refractivity contribution in [2.24, 2.45) is 5.92 Å². The number of thiol groups is 1. The lowest BCUT2D eigenvalue weighted by Crippen LogP contribution is -2.59. The van der Waals surface area contributed by atoms with Crippen molar-refractivity contribution in [3.05, 3.63) is 0 Å². The molecule has 0 bridgehead atoms. The lowest BCUT2D eigenvalue weighted by atomic mass is 9.89. The fraction of sp³-hybridized carbons (Fsp3) is 1.00. The molecule has 4 N–H and O–H groups in total. The van der Waals surface area contributed by atoms with E-state index in [9.17, 15) is 5.11 Å². The van der Waals surface area contributed by atoms with Gasteiger partial charge in [0.05, 0.1) is 32.5 Å². The van der Waals surface area contributed by atoms with E-state index >= 15 is 0 Å². The number of hydrogen-bond donors (Lipinski definition) is 5. The maximum Gasteiger partial charge on any atom is 0.363 e. The number of hydrogen-bond acceptors (Lipinski definition) is 14. The van der Waals surface area contributed by atoms with E-state index in [-0.39, 0.29) is 13.2 Å². The van der Waals surface area contributed by atoms with Crippen LogP contribution in [0.15, 0.2) is 0 Å². The van der Waals surface area contributed by atoms with E-state index in [0.717, 1.165) is 0 Å². The summed E-state index contributed by atoms with van der Waals surface area (Å²) < 4.78 is 37.8. The van der Waals surface area contributed by atoms with Gasteiger partial charge >= 0.3 is 8.60 Å². The molecule has 1 aliphatic rings. The van der Waals surface area contributed by atoms with Crippen LogP contribution < -0.4 is 0 Å². The minimum Gasteiger partial charge on any atom is -0.394 e. The molecule has 0 aromatic carbocycles. The van der Waals surface area contributed by atoms with Crippen LogP contribution in [0.5, 0.6) is 0 Å². The van der Waals surface area contributed by atoms with Crippen LogP contribution in [-0.2, 0) is 83.2 Å². The molecule has 0 aliphatic carbocycles. The van der Waals surface area contributed by atoms with E-state index < -0.39 is 76.5 Å². The molecule has 0 amide bonds. The topological polar surface area (TPSA) is 146 Å². The Labute approximate surface area is 194 Å². The van der Waals surface area contributed by atoms with Gasteiger partial charge in [0.1, 0.15) is 18.3 Å². The van der Waals surface area contributed by atoms with E-state index in [0.29, 0.717) is 6.61 Å². The van der Waals surface area contributed by atoms with Crippen molar-refractivity contribution in [3.8, 4) is 0 Å². The minimum absolute atomic E-state index is 0.159. The van der Waals surface area contributed by atoms with Crippen LogP contribution >= 0.6 is 8.60 Å². The molecule has 0 aromatic heterocycles. The molecule has 1 aliphatic heterocycles. The van der Waals surface area contributed by atoms with Gasteiger partial charge in [-0.25, -0.2) is 5.26 Å². The Hall–Kier alpha value is 1.35. The Morgan fingerprint density at radius 1 is 1.20 bits per heavy atom. The molecule has 1 fully saturated rings. The Balaban J connectivity index is 3.11. The zero-order chi connectivity index (χ0) is 22.7. The van der Waals surface area contributed by atoms with E-state index in [1.807, 2.05) is 0 Å². The highest BCUT2D eigenvalue weighted by molar-refractivity contribution is 8.44. The van der Waals surface area contributed by atoms with Gasteiger partial charge in [-0.1, -0.05) is 0 Å². The van der Waals surface area contributed by atoms with Crippen LogP contribution in [0, 0.1) is 5.92 Å². The van der Waals surface area contributed by atoms with Gasteiger partial charge in [0.15, 0.2) is 6.29 Å². The van der Waals surface area contributed by atoms with Crippen molar-refractivity contribution in [1.29, 1.82) is 0 Å². The van der Waals surface area contributed by atoms with E-state index in [2.05, 4.69) is 4.67 Å². The summed E-state index contributed by atoms with van der Waals surface area (Å²) >= 11 is 15.2. The van der Waals surface area contributed by atoms with Gasteiger partial charge in [0.25, 0.3) is 0 Å². The SMILES string of the molecule is CCOC1C(CO)OC(OS(C)=S)C(O[SH](=S)=S)C1COP(OO)OC(CO)CO. The molecule has 0 saturated carbocycles. The average molecular weight is 551 g/mol. The van der Waals surface area contributed by atoms with Crippen LogP contribution in [0.3, 0.4) is 0 Å². The van der Waals surface area contributed by atoms with Crippen LogP contribution in [-0.4, -0.2) is 90.6 Å². The predicted molar refractivity (Wildman–Crippen MR) is 120 cm³/mol. The third kappa shape index (κ3) is 9.69. The fourth-order valence-corrected chi connectivity index (χ4v) is 5.18. The third-order valence-corrected chi connectivity index (χ3v) is 6.44. The van der Waals surface area contributed by atoms with Gasteiger partial charge in [0, 0.05) is 36.8 Å². The fourth-order valence-electron chi connectivity index (χ4n) is 2.66. The van der Waals surface area contributed by atoms with Gasteiger partial charge in [-0.3, -0.25) is 4.18 Å². The Kier molecular flexibility index (Phi) is 15.7. The van der Waals surface area contributed by atoms with Crippen LogP contribution in [0.2, 0.25) is 0 Å². The first kappa shape index (κ1) is 29.4. The maximum atomic E-state index is 9.79. The molecule has 1 rings (SSSR count). The molecule has 7 atom stereocenters. The average Bonchev–Trinajstić information content (AvgIpc) is 2.70. The molecule has 0 radical (unpaired) electrons. The minimum atomic E-state index is -2.34. The number of ether oxygens (including phenoxy) is 2. The zero-order valence-electron chi connectivity index (χ0n) is 16.2. The second-order valence-corrected chi connectivity index (χ2v) is 12.6. The summed E-state index contributed by atoms with van der Waals surface area (Å²) in [5.74, 6) is -0.624. The summed E-state index contributed by atoms with van der Waals surface area (Å²) in [6, 6.07) is 0. The Bertz CT molecular complexity index is 574. The van der Waals surface area contributed by atoms with E-state index in [4.69, 9.17) is 75.9 Å². The highest BCUT2D eigenvalue weighted by Gasteiger charge is 2.49. The highest BCUT2D eigenvalue weighted by atomic mass is 33.1. The van der Waals surface area contributed by atoms with Crippen molar-refractivity contribution >= 4 is 60.2 Å². The molecule has 11 nitrogen and oxygen atoms in total. The quantitative estimate of drug-likeness (QED) is 0.0739. The van der Waals surface area contributed by atoms with E-state index in [1.165, 1.54) is 0 Å². The lowest BCUT2D eigenvalue weighted by Gasteiger charge is -2.44. The second kappa shape index (κ2) is 16.1. The maximum absolute atomic E-state index is 9.79. The van der Waals surface area contributed by atoms with Crippen LogP contribution in [0.25, 0.3) is 0 Å². The molecular formula is C13H27O11PS5. The third-order valence-electron chi connectivity index (χ3n) is 3.85. The van der Waals surface area contributed by atoms with Crippen molar-refractivity contribution < 1.29 is 52.1 Å². The molecular weight excluding hydrogens is 523 g/mol. The largest absolute Gasteiger partial charge is 0.394 e. The zero-order valence-corrected chi connectivity index (χ0v) is 21.2. The predicted octanol–water partition coefficient (Wildman–Crippen LogP) is -0.956. The Morgan fingerprint density at radius 2 is 1.87 bits per heavy atom. The number of aliphatic hydroxyl groups excluding tert-OH is 3. The standard InChI is InChI=1S/C13H27O11PS5/c1-3-18-11-9(7-19-25(24-17)21-8(4-14)5-15)12(22-30(27)28)13(23-29(2)26)20-10(11)6-16/h8-17,30H,3-7H2,1-2H3. The molecule has 1 saturated heterocycles. The summed E-state index contributed by atoms with van der Waals surface area (Å²) in [7, 11) is -4.91. The first-order valence-electron chi connectivity index (χ1n) is 8.63. The summed E-state index contributed by atoms with van der Waals surface area (Å²) in [5, 5.41) is 37.1. The molecule has 30 heavy (non-hydrogen) atoms. The molecule has 17 heteroatoms. The summed E-state index contributed by atoms with van der Waals surface area (Å²) in [5.41, 5.74) is 0. The van der Waals surface area contributed by atoms with Gasteiger partial charge in [-0.15, -0.1) is 0 Å². The molecule has 7 unspecified atom stereocenters. The van der Waals surface area contributed by atoms with E-state index in [1.54, 1.807) is 13.2 Å². The van der Waals surface area contributed by atoms with Gasteiger partial charge in [-0.2, -0.15) is 4.67 Å². The van der Waals surface area contributed by atoms with Crippen molar-refractivity contribution in [1.82, 2.24) is 0 Å². The van der Waals surface area contributed by atoms with Gasteiger partial charge < -0.3 is 38.0 Å². The van der Waals surface area contributed by atoms with Crippen molar-refractivity contribution in [3.63, 3.8) is 0 Å². The monoisotopic (exact) mass is 550 g/mol. The normalized spacial score (nSPS) is 29.4. The Morgan fingerprint density at radius 3 is 2.33 bits per heavy atom. The summed E-state index contributed by atoms with van der Waals surface area (Å²) in [6.45, 7) is 0.510. The summed E-state index contributed by atoms with van der Waals surface area (Å²) in [6.07, 6.45) is -2.66. The highest BCUT2D eigenvalue weighted by Crippen LogP contribution is 2.42. The molecule has 0 spiro atoms. The number of aliphatic hydroxyl groups is 3. The first-order valence-corrected chi connectivity index (χ1v) is 15.5. The van der Waals surface area contributed by atoms with Gasteiger partial charge in [0.2, 0.25) is 0 Å². The second-order valence-electron chi connectivity index (χ2n) is 5.79. The van der Waals surface area contributed by atoms with Gasteiger partial charge in [-0.05, 0) is 40.5 Å². The van der Waals surface area contributed by atoms with Crippen LogP contribution in [0.4, 0.5) is 0 Å². The first-order chi connectivity index (χ1) is 14.3. The van der Waals surface area contributed by atoms with Crippen LogP contribution in [0.1, 0.15) is 6.92 Å². The lowest BCUT2D eigenvalue weighted by molar-refractivity contribution is -0.265. The van der Waals surface area contributed by atoms with Crippen molar-refractivity contribution in [2.45, 2.75) is 37.6 Å². The van der Waals surface area contributed by atoms with Crippen molar-refractivity contribution in [2.75, 3.05) is 39.3 Å².